The SMILES string of the molecule is Cc1c(-c2cc(N)on2)c2cccc(O)c2n1C. The minimum atomic E-state index is 0.251. The zero-order valence-corrected chi connectivity index (χ0v) is 10.1. The van der Waals surface area contributed by atoms with Crippen LogP contribution in [-0.2, 0) is 7.05 Å². The first-order valence-corrected chi connectivity index (χ1v) is 5.59. The van der Waals surface area contributed by atoms with E-state index in [1.165, 1.54) is 0 Å². The summed E-state index contributed by atoms with van der Waals surface area (Å²) in [5.74, 6) is 0.530. The van der Waals surface area contributed by atoms with Gasteiger partial charge in [-0.2, -0.15) is 0 Å². The maximum absolute atomic E-state index is 9.95. The number of nitrogens with zero attached hydrogens (tertiary/aromatic N) is 2. The summed E-state index contributed by atoms with van der Waals surface area (Å²) in [5.41, 5.74) is 8.96. The Balaban J connectivity index is 2.43. The molecular formula is C13H13N3O2. The van der Waals surface area contributed by atoms with Crippen molar-refractivity contribution in [3.05, 3.63) is 30.0 Å². The van der Waals surface area contributed by atoms with E-state index in [-0.39, 0.29) is 11.6 Å². The number of hydrogen-bond acceptors (Lipinski definition) is 4. The number of aryl methyl sites for hydroxylation is 1. The second-order valence-electron chi connectivity index (χ2n) is 4.31. The maximum Gasteiger partial charge on any atom is 0.222 e. The molecule has 5 heteroatoms. The molecule has 18 heavy (non-hydrogen) atoms. The van der Waals surface area contributed by atoms with Gasteiger partial charge in [-0.1, -0.05) is 17.3 Å². The van der Waals surface area contributed by atoms with Crippen molar-refractivity contribution < 1.29 is 9.63 Å². The predicted molar refractivity (Wildman–Crippen MR) is 69.2 cm³/mol. The molecule has 0 aliphatic rings. The molecule has 1 aromatic carbocycles. The minimum absolute atomic E-state index is 0.251. The van der Waals surface area contributed by atoms with E-state index in [0.717, 1.165) is 22.2 Å². The molecule has 0 saturated heterocycles. The minimum Gasteiger partial charge on any atom is -0.506 e. The number of anilines is 1. The highest BCUT2D eigenvalue weighted by molar-refractivity contribution is 6.00. The second kappa shape index (κ2) is 3.53. The van der Waals surface area contributed by atoms with Crippen molar-refractivity contribution in [1.29, 1.82) is 0 Å². The van der Waals surface area contributed by atoms with Crippen molar-refractivity contribution in [3.63, 3.8) is 0 Å². The molecule has 0 unspecified atom stereocenters. The molecule has 2 aromatic heterocycles. The average molecular weight is 243 g/mol. The van der Waals surface area contributed by atoms with Crippen LogP contribution in [0.1, 0.15) is 5.69 Å². The molecule has 0 aliphatic carbocycles. The number of phenols is 1. The molecule has 92 valence electrons. The predicted octanol–water partition coefficient (Wildman–Crippen LogP) is 2.43. The fraction of sp³-hybridized carbons (Fsp3) is 0.154. The Hall–Kier alpha value is -2.43. The Morgan fingerprint density at radius 2 is 2.17 bits per heavy atom. The molecule has 0 radical (unpaired) electrons. The average Bonchev–Trinajstić information content (AvgIpc) is 2.84. The molecule has 0 amide bonds. The van der Waals surface area contributed by atoms with Gasteiger partial charge < -0.3 is 19.9 Å². The number of nitrogens with two attached hydrogens (primary N) is 1. The first-order chi connectivity index (χ1) is 8.59. The number of phenolic OH excluding ortho intramolecular Hbond substituents is 1. The lowest BCUT2D eigenvalue weighted by Crippen LogP contribution is -1.90. The number of hydrogen-bond donors (Lipinski definition) is 2. The molecule has 3 N–H and O–H groups in total. The second-order valence-corrected chi connectivity index (χ2v) is 4.31. The molecule has 3 rings (SSSR count). The zero-order valence-electron chi connectivity index (χ0n) is 10.1. The Kier molecular flexibility index (Phi) is 2.10. The van der Waals surface area contributed by atoms with Crippen molar-refractivity contribution in [2.24, 2.45) is 7.05 Å². The fourth-order valence-electron chi connectivity index (χ4n) is 2.35. The van der Waals surface area contributed by atoms with Crippen LogP contribution in [0.2, 0.25) is 0 Å². The number of aromatic nitrogens is 2. The number of fused-ring (bicyclic) bond motifs is 1. The van der Waals surface area contributed by atoms with Gasteiger partial charge in [-0.15, -0.1) is 0 Å². The van der Waals surface area contributed by atoms with Crippen LogP contribution in [0.25, 0.3) is 22.2 Å². The van der Waals surface area contributed by atoms with Crippen molar-refractivity contribution in [2.75, 3.05) is 5.73 Å². The molecule has 0 fully saturated rings. The third-order valence-electron chi connectivity index (χ3n) is 3.27. The van der Waals surface area contributed by atoms with E-state index < -0.39 is 0 Å². The van der Waals surface area contributed by atoms with E-state index in [1.54, 1.807) is 12.1 Å². The Morgan fingerprint density at radius 1 is 1.39 bits per heavy atom. The summed E-state index contributed by atoms with van der Waals surface area (Å²) >= 11 is 0. The fourth-order valence-corrected chi connectivity index (χ4v) is 2.35. The van der Waals surface area contributed by atoms with Crippen LogP contribution in [0.15, 0.2) is 28.8 Å². The lowest BCUT2D eigenvalue weighted by atomic mass is 10.1. The molecule has 0 atom stereocenters. The highest BCUT2D eigenvalue weighted by Gasteiger charge is 2.18. The molecule has 2 heterocycles. The van der Waals surface area contributed by atoms with Gasteiger partial charge >= 0.3 is 0 Å². The van der Waals surface area contributed by atoms with E-state index in [2.05, 4.69) is 5.16 Å². The highest BCUT2D eigenvalue weighted by Crippen LogP contribution is 2.37. The third-order valence-corrected chi connectivity index (χ3v) is 3.27. The van der Waals surface area contributed by atoms with Gasteiger partial charge in [0.25, 0.3) is 0 Å². The van der Waals surface area contributed by atoms with E-state index >= 15 is 0 Å². The van der Waals surface area contributed by atoms with Crippen molar-refractivity contribution in [3.8, 4) is 17.0 Å². The van der Waals surface area contributed by atoms with E-state index in [9.17, 15) is 5.11 Å². The molecule has 5 nitrogen and oxygen atoms in total. The van der Waals surface area contributed by atoms with Crippen LogP contribution >= 0.6 is 0 Å². The van der Waals surface area contributed by atoms with Crippen LogP contribution in [0.4, 0.5) is 5.88 Å². The first kappa shape index (κ1) is 10.7. The van der Waals surface area contributed by atoms with Gasteiger partial charge in [0.05, 0.1) is 5.52 Å². The van der Waals surface area contributed by atoms with Gasteiger partial charge in [0, 0.05) is 29.8 Å². The highest BCUT2D eigenvalue weighted by atomic mass is 16.5. The molecule has 0 aliphatic heterocycles. The van der Waals surface area contributed by atoms with Gasteiger partial charge in [0.1, 0.15) is 11.4 Å². The lowest BCUT2D eigenvalue weighted by Gasteiger charge is -2.00. The summed E-state index contributed by atoms with van der Waals surface area (Å²) in [4.78, 5) is 0. The topological polar surface area (TPSA) is 77.2 Å². The monoisotopic (exact) mass is 243 g/mol. The lowest BCUT2D eigenvalue weighted by molar-refractivity contribution is 0.439. The van der Waals surface area contributed by atoms with Crippen molar-refractivity contribution >= 4 is 16.8 Å². The van der Waals surface area contributed by atoms with Gasteiger partial charge in [-0.3, -0.25) is 0 Å². The number of rotatable bonds is 1. The smallest absolute Gasteiger partial charge is 0.222 e. The standard InChI is InChI=1S/C13H13N3O2/c1-7-12(9-6-11(14)18-15-9)8-4-3-5-10(17)13(8)16(7)2/h3-6,17H,14H2,1-2H3. The summed E-state index contributed by atoms with van der Waals surface area (Å²) < 4.78 is 6.85. The van der Waals surface area contributed by atoms with Gasteiger partial charge in [-0.25, -0.2) is 0 Å². The first-order valence-electron chi connectivity index (χ1n) is 5.59. The number of benzene rings is 1. The molecule has 0 saturated carbocycles. The third kappa shape index (κ3) is 1.30. The Morgan fingerprint density at radius 3 is 2.83 bits per heavy atom. The molecule has 3 aromatic rings. The quantitative estimate of drug-likeness (QED) is 0.688. The molecule has 0 bridgehead atoms. The van der Waals surface area contributed by atoms with Crippen LogP contribution in [0, 0.1) is 6.92 Å². The number of para-hydroxylation sites is 1. The Bertz CT molecular complexity index is 740. The normalized spacial score (nSPS) is 11.2. The summed E-state index contributed by atoms with van der Waals surface area (Å²) in [6.45, 7) is 1.97. The summed E-state index contributed by atoms with van der Waals surface area (Å²) in [6, 6.07) is 7.11. The van der Waals surface area contributed by atoms with E-state index in [4.69, 9.17) is 10.3 Å². The van der Waals surface area contributed by atoms with Crippen molar-refractivity contribution in [1.82, 2.24) is 9.72 Å². The zero-order chi connectivity index (χ0) is 12.9. The largest absolute Gasteiger partial charge is 0.506 e. The van der Waals surface area contributed by atoms with Gasteiger partial charge in [0.2, 0.25) is 5.88 Å². The Labute approximate surface area is 103 Å². The molecule has 0 spiro atoms. The van der Waals surface area contributed by atoms with Crippen LogP contribution in [0.3, 0.4) is 0 Å². The maximum atomic E-state index is 9.95. The van der Waals surface area contributed by atoms with Gasteiger partial charge in [-0.05, 0) is 13.0 Å². The number of nitrogen functional groups attached to an aromatic ring is 1. The van der Waals surface area contributed by atoms with Crippen LogP contribution in [-0.4, -0.2) is 14.8 Å². The van der Waals surface area contributed by atoms with E-state index in [1.807, 2.05) is 30.7 Å². The van der Waals surface area contributed by atoms with E-state index in [0.29, 0.717) is 5.69 Å². The van der Waals surface area contributed by atoms with Crippen molar-refractivity contribution in [2.45, 2.75) is 6.92 Å². The summed E-state index contributed by atoms with van der Waals surface area (Å²) in [7, 11) is 1.91. The van der Waals surface area contributed by atoms with Gasteiger partial charge in [0.15, 0.2) is 0 Å². The van der Waals surface area contributed by atoms with Crippen LogP contribution < -0.4 is 5.73 Å². The number of aromatic hydroxyl groups is 1. The van der Waals surface area contributed by atoms with Crippen LogP contribution in [0.5, 0.6) is 5.75 Å². The summed E-state index contributed by atoms with van der Waals surface area (Å²) in [6.07, 6.45) is 0. The summed E-state index contributed by atoms with van der Waals surface area (Å²) in [5, 5.41) is 14.8. The molecular weight excluding hydrogens is 230 g/mol.